The van der Waals surface area contributed by atoms with Gasteiger partial charge in [-0.25, -0.2) is 9.67 Å². The molecule has 33 heavy (non-hydrogen) atoms. The number of nitrogens with one attached hydrogen (secondary N) is 2. The second-order valence-corrected chi connectivity index (χ2v) is 8.25. The van der Waals surface area contributed by atoms with Gasteiger partial charge in [0.05, 0.1) is 5.69 Å². The Morgan fingerprint density at radius 2 is 1.85 bits per heavy atom. The van der Waals surface area contributed by atoms with Gasteiger partial charge in [-0.2, -0.15) is 5.10 Å². The van der Waals surface area contributed by atoms with Gasteiger partial charge >= 0.3 is 0 Å². The van der Waals surface area contributed by atoms with E-state index >= 15 is 0 Å². The van der Waals surface area contributed by atoms with E-state index in [1.165, 1.54) is 5.56 Å². The van der Waals surface area contributed by atoms with Crippen LogP contribution in [0.5, 0.6) is 0 Å². The summed E-state index contributed by atoms with van der Waals surface area (Å²) < 4.78 is 1.86. The third kappa shape index (κ3) is 8.12. The Kier molecular flexibility index (Phi) is 10.8. The number of nitrogens with zero attached hydrogens (tertiary/aromatic N) is 5. The minimum absolute atomic E-state index is 0. The molecular formula is C25H36IN7. The van der Waals surface area contributed by atoms with E-state index in [2.05, 4.69) is 81.0 Å². The van der Waals surface area contributed by atoms with Crippen LogP contribution in [0.2, 0.25) is 0 Å². The number of aryl methyl sites for hydroxylation is 2. The number of halogens is 1. The van der Waals surface area contributed by atoms with Crippen molar-refractivity contribution in [1.82, 2.24) is 30.3 Å². The van der Waals surface area contributed by atoms with Gasteiger partial charge < -0.3 is 10.6 Å². The lowest BCUT2D eigenvalue weighted by molar-refractivity contribution is 0.238. The smallest absolute Gasteiger partial charge is 0.191 e. The summed E-state index contributed by atoms with van der Waals surface area (Å²) in [6.07, 6.45) is 2.91. The highest BCUT2D eigenvalue weighted by Crippen LogP contribution is 2.10. The molecular weight excluding hydrogens is 525 g/mol. The maximum absolute atomic E-state index is 4.56. The summed E-state index contributed by atoms with van der Waals surface area (Å²) in [5, 5.41) is 11.3. The number of hydrogen-bond donors (Lipinski definition) is 2. The first-order valence-corrected chi connectivity index (χ1v) is 11.1. The zero-order valence-corrected chi connectivity index (χ0v) is 22.6. The molecule has 0 aliphatic carbocycles. The Morgan fingerprint density at radius 1 is 1.09 bits per heavy atom. The standard InChI is InChI=1S/C25H35N7.HI/c1-19-15-21(3)32(30-19)24-12-11-23(16-28-24)17-29-25(26-4)27-14-13-20(2)31(5)18-22-9-7-6-8-10-22;/h6-12,15-16,20H,13-14,17-18H2,1-5H3,(H2,26,27,29);1H. The average molecular weight is 562 g/mol. The van der Waals surface area contributed by atoms with Crippen LogP contribution in [0.3, 0.4) is 0 Å². The van der Waals surface area contributed by atoms with Gasteiger partial charge in [0.1, 0.15) is 0 Å². The molecule has 0 saturated heterocycles. The van der Waals surface area contributed by atoms with Crippen molar-refractivity contribution in [1.29, 1.82) is 0 Å². The van der Waals surface area contributed by atoms with E-state index in [1.54, 1.807) is 7.05 Å². The Bertz CT molecular complexity index is 999. The van der Waals surface area contributed by atoms with Crippen LogP contribution in [0.25, 0.3) is 5.82 Å². The normalized spacial score (nSPS) is 12.4. The number of pyridine rings is 1. The van der Waals surface area contributed by atoms with E-state index < -0.39 is 0 Å². The average Bonchev–Trinajstić information content (AvgIpc) is 3.14. The van der Waals surface area contributed by atoms with E-state index in [4.69, 9.17) is 0 Å². The van der Waals surface area contributed by atoms with E-state index in [0.29, 0.717) is 12.6 Å². The molecule has 0 saturated carbocycles. The molecule has 0 aliphatic rings. The van der Waals surface area contributed by atoms with Crippen LogP contribution in [0, 0.1) is 13.8 Å². The van der Waals surface area contributed by atoms with Gasteiger partial charge in [0, 0.05) is 44.6 Å². The molecule has 2 N–H and O–H groups in total. The third-order valence-electron chi connectivity index (χ3n) is 5.60. The quantitative estimate of drug-likeness (QED) is 0.234. The van der Waals surface area contributed by atoms with Crippen LogP contribution in [0.1, 0.15) is 35.9 Å². The number of hydrogen-bond acceptors (Lipinski definition) is 4. The highest BCUT2D eigenvalue weighted by atomic mass is 127. The molecule has 3 rings (SSSR count). The summed E-state index contributed by atoms with van der Waals surface area (Å²) in [6, 6.07) is 17.2. The first kappa shape index (κ1) is 26.8. The fourth-order valence-electron chi connectivity index (χ4n) is 3.56. The second kappa shape index (κ2) is 13.3. The molecule has 8 heteroatoms. The summed E-state index contributed by atoms with van der Waals surface area (Å²) in [4.78, 5) is 11.3. The molecule has 1 unspecified atom stereocenters. The largest absolute Gasteiger partial charge is 0.356 e. The molecule has 178 valence electrons. The topological polar surface area (TPSA) is 70.4 Å². The van der Waals surface area contributed by atoms with Crippen LogP contribution in [0.4, 0.5) is 0 Å². The number of aliphatic imine (C=N–C) groups is 1. The first-order valence-electron chi connectivity index (χ1n) is 11.1. The molecule has 0 bridgehead atoms. The van der Waals surface area contributed by atoms with Crippen LogP contribution in [-0.4, -0.2) is 52.3 Å². The van der Waals surface area contributed by atoms with Crippen molar-refractivity contribution in [3.8, 4) is 5.82 Å². The molecule has 0 radical (unpaired) electrons. The van der Waals surface area contributed by atoms with E-state index in [-0.39, 0.29) is 24.0 Å². The Morgan fingerprint density at radius 3 is 2.45 bits per heavy atom. The van der Waals surface area contributed by atoms with Crippen molar-refractivity contribution in [2.24, 2.45) is 4.99 Å². The summed E-state index contributed by atoms with van der Waals surface area (Å²) in [7, 11) is 3.97. The minimum atomic E-state index is 0. The van der Waals surface area contributed by atoms with Crippen molar-refractivity contribution in [3.63, 3.8) is 0 Å². The van der Waals surface area contributed by atoms with Gasteiger partial charge in [0.25, 0.3) is 0 Å². The SMILES string of the molecule is CN=C(NCCC(C)N(C)Cc1ccccc1)NCc1ccc(-n2nc(C)cc2C)nc1.I. The van der Waals surface area contributed by atoms with Gasteiger partial charge in [-0.05, 0) is 57.5 Å². The van der Waals surface area contributed by atoms with E-state index in [1.807, 2.05) is 36.9 Å². The van der Waals surface area contributed by atoms with Crippen molar-refractivity contribution in [2.75, 3.05) is 20.6 Å². The van der Waals surface area contributed by atoms with Gasteiger partial charge in [-0.15, -0.1) is 24.0 Å². The molecule has 0 amide bonds. The fraction of sp³-hybridized carbons (Fsp3) is 0.400. The maximum Gasteiger partial charge on any atom is 0.191 e. The number of benzene rings is 1. The number of aromatic nitrogens is 3. The lowest BCUT2D eigenvalue weighted by Crippen LogP contribution is -2.39. The van der Waals surface area contributed by atoms with Crippen LogP contribution >= 0.6 is 24.0 Å². The van der Waals surface area contributed by atoms with Crippen LogP contribution in [-0.2, 0) is 13.1 Å². The summed E-state index contributed by atoms with van der Waals surface area (Å²) in [5.74, 6) is 1.63. The van der Waals surface area contributed by atoms with Crippen molar-refractivity contribution in [2.45, 2.75) is 46.3 Å². The molecule has 2 heterocycles. The lowest BCUT2D eigenvalue weighted by Gasteiger charge is -2.25. The minimum Gasteiger partial charge on any atom is -0.356 e. The Balaban J connectivity index is 0.00000385. The Hall–Kier alpha value is -2.46. The predicted octanol–water partition coefficient (Wildman–Crippen LogP) is 4.08. The molecule has 0 aliphatic heterocycles. The van der Waals surface area contributed by atoms with Gasteiger partial charge in [-0.3, -0.25) is 9.89 Å². The molecule has 0 fully saturated rings. The van der Waals surface area contributed by atoms with Crippen LogP contribution < -0.4 is 10.6 Å². The second-order valence-electron chi connectivity index (χ2n) is 8.25. The molecule has 7 nitrogen and oxygen atoms in total. The van der Waals surface area contributed by atoms with Crippen LogP contribution in [0.15, 0.2) is 59.7 Å². The maximum atomic E-state index is 4.56. The van der Waals surface area contributed by atoms with Crippen molar-refractivity contribution >= 4 is 29.9 Å². The zero-order chi connectivity index (χ0) is 22.9. The van der Waals surface area contributed by atoms with E-state index in [9.17, 15) is 0 Å². The molecule has 2 aromatic heterocycles. The number of rotatable bonds is 9. The van der Waals surface area contributed by atoms with Gasteiger partial charge in [0.15, 0.2) is 11.8 Å². The summed E-state index contributed by atoms with van der Waals surface area (Å²) in [5.41, 5.74) is 4.50. The van der Waals surface area contributed by atoms with Crippen molar-refractivity contribution < 1.29 is 0 Å². The van der Waals surface area contributed by atoms with Crippen molar-refractivity contribution in [3.05, 3.63) is 77.2 Å². The Labute approximate surface area is 214 Å². The lowest BCUT2D eigenvalue weighted by atomic mass is 10.1. The van der Waals surface area contributed by atoms with E-state index in [0.717, 1.165) is 48.2 Å². The molecule has 0 spiro atoms. The third-order valence-corrected chi connectivity index (χ3v) is 5.60. The fourth-order valence-corrected chi connectivity index (χ4v) is 3.56. The first-order chi connectivity index (χ1) is 15.5. The summed E-state index contributed by atoms with van der Waals surface area (Å²) in [6.45, 7) is 8.75. The highest BCUT2D eigenvalue weighted by molar-refractivity contribution is 14.0. The highest BCUT2D eigenvalue weighted by Gasteiger charge is 2.10. The molecule has 3 aromatic rings. The van der Waals surface area contributed by atoms with Gasteiger partial charge in [0.2, 0.25) is 0 Å². The predicted molar refractivity (Wildman–Crippen MR) is 146 cm³/mol. The van der Waals surface area contributed by atoms with Gasteiger partial charge in [-0.1, -0.05) is 36.4 Å². The summed E-state index contributed by atoms with van der Waals surface area (Å²) >= 11 is 0. The molecule has 1 aromatic carbocycles. The number of guanidine groups is 1. The monoisotopic (exact) mass is 561 g/mol. The zero-order valence-electron chi connectivity index (χ0n) is 20.2. The molecule has 1 atom stereocenters.